The summed E-state index contributed by atoms with van der Waals surface area (Å²) < 4.78 is 27.9. The molecule has 0 amide bonds. The van der Waals surface area contributed by atoms with E-state index in [0.29, 0.717) is 13.1 Å². The highest BCUT2D eigenvalue weighted by Gasteiger charge is 2.06. The van der Waals surface area contributed by atoms with Gasteiger partial charge in [0.1, 0.15) is 12.4 Å². The van der Waals surface area contributed by atoms with Crippen LogP contribution in [0.4, 0.5) is 8.78 Å². The van der Waals surface area contributed by atoms with Gasteiger partial charge in [0.05, 0.1) is 6.61 Å². The van der Waals surface area contributed by atoms with E-state index in [1.54, 1.807) is 6.92 Å². The van der Waals surface area contributed by atoms with Gasteiger partial charge in [0.15, 0.2) is 0 Å². The zero-order valence-electron chi connectivity index (χ0n) is 8.62. The molecule has 4 N–H and O–H groups in total. The Labute approximate surface area is 87.3 Å². The van der Waals surface area contributed by atoms with Crippen LogP contribution in [0.2, 0.25) is 0 Å². The van der Waals surface area contributed by atoms with Crippen LogP contribution in [-0.4, -0.2) is 43.8 Å². The lowest BCUT2D eigenvalue weighted by molar-refractivity contribution is 0.0187. The molecular formula is C8H17F2N3O2. The summed E-state index contributed by atoms with van der Waals surface area (Å²) >= 11 is 0. The van der Waals surface area contributed by atoms with Crippen LogP contribution in [0.25, 0.3) is 0 Å². The standard InChI is InChI=1S/C8H17F2N3O2/c1-6(8(11)13-14)4-12-2-3-15-5-7(9)10/h6-7,12,14H,2-5H2,1H3,(H2,11,13). The molecule has 0 saturated heterocycles. The van der Waals surface area contributed by atoms with Crippen molar-refractivity contribution in [3.63, 3.8) is 0 Å². The molecule has 1 atom stereocenters. The Hall–Kier alpha value is -0.950. The summed E-state index contributed by atoms with van der Waals surface area (Å²) in [6, 6.07) is 0. The number of amidine groups is 1. The van der Waals surface area contributed by atoms with Crippen LogP contribution >= 0.6 is 0 Å². The van der Waals surface area contributed by atoms with Crippen LogP contribution in [0.3, 0.4) is 0 Å². The largest absolute Gasteiger partial charge is 0.409 e. The number of nitrogens with one attached hydrogen (secondary N) is 1. The van der Waals surface area contributed by atoms with Gasteiger partial charge >= 0.3 is 0 Å². The Morgan fingerprint density at radius 2 is 2.27 bits per heavy atom. The zero-order valence-corrected chi connectivity index (χ0v) is 8.62. The van der Waals surface area contributed by atoms with E-state index in [2.05, 4.69) is 15.2 Å². The van der Waals surface area contributed by atoms with Crippen molar-refractivity contribution in [3.8, 4) is 0 Å². The van der Waals surface area contributed by atoms with Gasteiger partial charge in [-0.1, -0.05) is 12.1 Å². The third kappa shape index (κ3) is 8.07. The molecule has 0 rings (SSSR count). The topological polar surface area (TPSA) is 79.9 Å². The molecule has 0 saturated carbocycles. The number of hydrogen-bond acceptors (Lipinski definition) is 4. The molecule has 0 bridgehead atoms. The third-order valence-electron chi connectivity index (χ3n) is 1.74. The van der Waals surface area contributed by atoms with Crippen LogP contribution < -0.4 is 11.1 Å². The van der Waals surface area contributed by atoms with E-state index < -0.39 is 13.0 Å². The van der Waals surface area contributed by atoms with E-state index in [4.69, 9.17) is 10.9 Å². The van der Waals surface area contributed by atoms with E-state index >= 15 is 0 Å². The fourth-order valence-electron chi connectivity index (χ4n) is 0.838. The molecule has 0 spiro atoms. The van der Waals surface area contributed by atoms with Gasteiger partial charge in [-0.2, -0.15) is 0 Å². The second kappa shape index (κ2) is 8.37. The number of hydrogen-bond donors (Lipinski definition) is 3. The van der Waals surface area contributed by atoms with Crippen molar-refractivity contribution in [1.82, 2.24) is 5.32 Å². The molecule has 0 aromatic heterocycles. The monoisotopic (exact) mass is 225 g/mol. The highest BCUT2D eigenvalue weighted by Crippen LogP contribution is 1.93. The molecule has 5 nitrogen and oxygen atoms in total. The van der Waals surface area contributed by atoms with Crippen LogP contribution in [-0.2, 0) is 4.74 Å². The Morgan fingerprint density at radius 3 is 2.80 bits per heavy atom. The summed E-state index contributed by atoms with van der Waals surface area (Å²) in [6.07, 6.45) is -2.43. The fraction of sp³-hybridized carbons (Fsp3) is 0.875. The average Bonchev–Trinajstić information content (AvgIpc) is 2.21. The van der Waals surface area contributed by atoms with Crippen molar-refractivity contribution in [2.75, 3.05) is 26.3 Å². The predicted octanol–water partition coefficient (Wildman–Crippen LogP) is 0.240. The van der Waals surface area contributed by atoms with Gasteiger partial charge in [-0.05, 0) is 0 Å². The first-order chi connectivity index (χ1) is 7.07. The molecule has 1 unspecified atom stereocenters. The summed E-state index contributed by atoms with van der Waals surface area (Å²) in [6.45, 7) is 2.41. The maximum absolute atomic E-state index is 11.6. The first kappa shape index (κ1) is 14.1. The molecule has 90 valence electrons. The lowest BCUT2D eigenvalue weighted by atomic mass is 10.1. The predicted molar refractivity (Wildman–Crippen MR) is 52.3 cm³/mol. The van der Waals surface area contributed by atoms with Gasteiger partial charge in [0, 0.05) is 19.0 Å². The second-order valence-corrected chi connectivity index (χ2v) is 3.10. The average molecular weight is 225 g/mol. The summed E-state index contributed by atoms with van der Waals surface area (Å²) in [5, 5.41) is 14.1. The minimum absolute atomic E-state index is 0.106. The zero-order chi connectivity index (χ0) is 11.7. The van der Waals surface area contributed by atoms with Crippen molar-refractivity contribution in [2.24, 2.45) is 16.8 Å². The molecule has 0 aromatic rings. The number of nitrogens with two attached hydrogens (primary N) is 1. The maximum atomic E-state index is 11.6. The summed E-state index contributed by atoms with van der Waals surface area (Å²) in [5.41, 5.74) is 5.33. The van der Waals surface area contributed by atoms with Crippen LogP contribution in [0.5, 0.6) is 0 Å². The fourth-order valence-corrected chi connectivity index (χ4v) is 0.838. The van der Waals surface area contributed by atoms with Gasteiger partial charge in [0.2, 0.25) is 0 Å². The van der Waals surface area contributed by atoms with Crippen molar-refractivity contribution < 1.29 is 18.7 Å². The molecule has 0 fully saturated rings. The van der Waals surface area contributed by atoms with Crippen LogP contribution in [0.1, 0.15) is 6.92 Å². The molecule has 0 aromatic carbocycles. The van der Waals surface area contributed by atoms with E-state index in [1.807, 2.05) is 0 Å². The SMILES string of the molecule is CC(CNCCOCC(F)F)C(N)=NO. The first-order valence-electron chi connectivity index (χ1n) is 4.62. The normalized spacial score (nSPS) is 14.5. The third-order valence-corrected chi connectivity index (χ3v) is 1.74. The molecule has 15 heavy (non-hydrogen) atoms. The highest BCUT2D eigenvalue weighted by molar-refractivity contribution is 5.82. The van der Waals surface area contributed by atoms with Crippen molar-refractivity contribution in [2.45, 2.75) is 13.3 Å². The van der Waals surface area contributed by atoms with Crippen molar-refractivity contribution in [1.29, 1.82) is 0 Å². The minimum Gasteiger partial charge on any atom is -0.409 e. The number of oxime groups is 1. The van der Waals surface area contributed by atoms with Crippen LogP contribution in [0.15, 0.2) is 5.16 Å². The summed E-state index contributed by atoms with van der Waals surface area (Å²) in [7, 11) is 0. The van der Waals surface area contributed by atoms with Crippen LogP contribution in [0, 0.1) is 5.92 Å². The van der Waals surface area contributed by atoms with E-state index in [1.165, 1.54) is 0 Å². The highest BCUT2D eigenvalue weighted by atomic mass is 19.3. The minimum atomic E-state index is -2.43. The smallest absolute Gasteiger partial charge is 0.261 e. The Bertz CT molecular complexity index is 191. The molecule has 0 aliphatic heterocycles. The van der Waals surface area contributed by atoms with E-state index in [-0.39, 0.29) is 18.4 Å². The maximum Gasteiger partial charge on any atom is 0.261 e. The number of nitrogens with zero attached hydrogens (tertiary/aromatic N) is 1. The number of ether oxygens (including phenoxy) is 1. The number of rotatable bonds is 8. The van der Waals surface area contributed by atoms with Crippen molar-refractivity contribution in [3.05, 3.63) is 0 Å². The summed E-state index contributed by atoms with van der Waals surface area (Å²) in [5.74, 6) is 0.0288. The van der Waals surface area contributed by atoms with Gasteiger partial charge < -0.3 is 21.0 Å². The van der Waals surface area contributed by atoms with E-state index in [9.17, 15) is 8.78 Å². The lowest BCUT2D eigenvalue weighted by Crippen LogP contribution is -2.33. The first-order valence-corrected chi connectivity index (χ1v) is 4.62. The molecular weight excluding hydrogens is 208 g/mol. The Balaban J connectivity index is 3.31. The number of alkyl halides is 2. The molecule has 0 aliphatic carbocycles. The van der Waals surface area contributed by atoms with Gasteiger partial charge in [-0.25, -0.2) is 8.78 Å². The molecule has 0 radical (unpaired) electrons. The second-order valence-electron chi connectivity index (χ2n) is 3.10. The van der Waals surface area contributed by atoms with Gasteiger partial charge in [-0.15, -0.1) is 0 Å². The van der Waals surface area contributed by atoms with Crippen molar-refractivity contribution >= 4 is 5.84 Å². The summed E-state index contributed by atoms with van der Waals surface area (Å²) in [4.78, 5) is 0. The number of halogens is 2. The van der Waals surface area contributed by atoms with E-state index in [0.717, 1.165) is 0 Å². The van der Waals surface area contributed by atoms with Gasteiger partial charge in [-0.3, -0.25) is 0 Å². The Kier molecular flexibility index (Phi) is 7.84. The molecule has 7 heteroatoms. The Morgan fingerprint density at radius 1 is 1.60 bits per heavy atom. The quantitative estimate of drug-likeness (QED) is 0.182. The molecule has 0 heterocycles. The van der Waals surface area contributed by atoms with Gasteiger partial charge in [0.25, 0.3) is 6.43 Å². The molecule has 0 aliphatic rings. The lowest BCUT2D eigenvalue weighted by Gasteiger charge is -2.10.